The molecule has 0 aliphatic heterocycles. The summed E-state index contributed by atoms with van der Waals surface area (Å²) >= 11 is 0. The second-order valence-electron chi connectivity index (χ2n) is 2.33. The van der Waals surface area contributed by atoms with Gasteiger partial charge in [-0.05, 0) is 19.9 Å². The maximum absolute atomic E-state index is 12.1. The van der Waals surface area contributed by atoms with Gasteiger partial charge in [-0.1, -0.05) is 6.07 Å². The quantitative estimate of drug-likeness (QED) is 0.581. The predicted octanol–water partition coefficient (Wildman–Crippen LogP) is 2.17. The minimum atomic E-state index is -0.418. The summed E-state index contributed by atoms with van der Waals surface area (Å²) in [6.45, 7) is 3.30. The Morgan fingerprint density at radius 1 is 1.40 bits per heavy atom. The molecule has 0 fully saturated rings. The summed E-state index contributed by atoms with van der Waals surface area (Å²) in [5, 5.41) is 0. The van der Waals surface area contributed by atoms with Crippen LogP contribution in [0, 0.1) is 13.8 Å². The van der Waals surface area contributed by atoms with Gasteiger partial charge in [0.15, 0.2) is 0 Å². The molecule has 0 amide bonds. The molecule has 0 aromatic carbocycles. The van der Waals surface area contributed by atoms with Crippen LogP contribution in [0.4, 0.5) is 4.39 Å². The van der Waals surface area contributed by atoms with Crippen LogP contribution in [-0.4, -0.2) is 4.98 Å². The van der Waals surface area contributed by atoms with Crippen LogP contribution in [0.3, 0.4) is 0 Å². The highest BCUT2D eigenvalue weighted by Crippen LogP contribution is 2.06. The first kappa shape index (κ1) is 7.19. The van der Waals surface area contributed by atoms with Crippen molar-refractivity contribution in [1.82, 2.24) is 4.98 Å². The molecule has 0 aliphatic carbocycles. The number of alkyl halides is 1. The summed E-state index contributed by atoms with van der Waals surface area (Å²) < 4.78 is 12.1. The zero-order chi connectivity index (χ0) is 7.56. The summed E-state index contributed by atoms with van der Waals surface area (Å²) in [6, 6.07) is 3.60. The Morgan fingerprint density at radius 2 is 2.10 bits per heavy atom. The lowest BCUT2D eigenvalue weighted by Gasteiger charge is -1.99. The van der Waals surface area contributed by atoms with Crippen molar-refractivity contribution < 1.29 is 4.39 Å². The van der Waals surface area contributed by atoms with Gasteiger partial charge in [0.2, 0.25) is 0 Å². The molecule has 0 aliphatic rings. The molecule has 54 valence electrons. The van der Waals surface area contributed by atoms with E-state index in [2.05, 4.69) is 4.98 Å². The minimum absolute atomic E-state index is 0.418. The Labute approximate surface area is 59.9 Å². The van der Waals surface area contributed by atoms with Crippen molar-refractivity contribution in [2.45, 2.75) is 20.5 Å². The number of aryl methyl sites for hydroxylation is 2. The van der Waals surface area contributed by atoms with Crippen LogP contribution in [-0.2, 0) is 6.67 Å². The van der Waals surface area contributed by atoms with Crippen LogP contribution in [0.2, 0.25) is 0 Å². The SMILES string of the molecule is Cc1ccc(CF)c(C)n1. The van der Waals surface area contributed by atoms with Gasteiger partial charge >= 0.3 is 0 Å². The first-order chi connectivity index (χ1) is 4.74. The molecule has 10 heavy (non-hydrogen) atoms. The number of nitrogens with zero attached hydrogens (tertiary/aromatic N) is 1. The fraction of sp³-hybridized carbons (Fsp3) is 0.375. The van der Waals surface area contributed by atoms with E-state index in [0.717, 1.165) is 11.4 Å². The van der Waals surface area contributed by atoms with Crippen molar-refractivity contribution in [2.24, 2.45) is 0 Å². The molecule has 1 heterocycles. The third kappa shape index (κ3) is 1.32. The lowest BCUT2D eigenvalue weighted by atomic mass is 10.2. The van der Waals surface area contributed by atoms with Gasteiger partial charge in [0.1, 0.15) is 6.67 Å². The highest BCUT2D eigenvalue weighted by Gasteiger charge is 1.96. The molecule has 0 spiro atoms. The van der Waals surface area contributed by atoms with Crippen LogP contribution in [0.15, 0.2) is 12.1 Å². The lowest BCUT2D eigenvalue weighted by Crippen LogP contribution is -1.91. The third-order valence-electron chi connectivity index (χ3n) is 1.48. The molecule has 1 rings (SSSR count). The molecular weight excluding hydrogens is 129 g/mol. The highest BCUT2D eigenvalue weighted by atomic mass is 19.1. The molecule has 1 aromatic heterocycles. The van der Waals surface area contributed by atoms with E-state index in [9.17, 15) is 4.39 Å². The fourth-order valence-corrected chi connectivity index (χ4v) is 0.857. The molecule has 0 saturated heterocycles. The second kappa shape index (κ2) is 2.78. The number of hydrogen-bond donors (Lipinski definition) is 0. The maximum Gasteiger partial charge on any atom is 0.116 e. The normalized spacial score (nSPS) is 9.90. The molecule has 0 bridgehead atoms. The molecule has 0 radical (unpaired) electrons. The van der Waals surface area contributed by atoms with Crippen LogP contribution in [0.25, 0.3) is 0 Å². The third-order valence-corrected chi connectivity index (χ3v) is 1.48. The largest absolute Gasteiger partial charge is 0.258 e. The van der Waals surface area contributed by atoms with E-state index < -0.39 is 6.67 Å². The number of rotatable bonds is 1. The number of pyridine rings is 1. The first-order valence-corrected chi connectivity index (χ1v) is 3.23. The fourth-order valence-electron chi connectivity index (χ4n) is 0.857. The predicted molar refractivity (Wildman–Crippen MR) is 38.5 cm³/mol. The average molecular weight is 139 g/mol. The van der Waals surface area contributed by atoms with E-state index >= 15 is 0 Å². The Balaban J connectivity index is 3.07. The van der Waals surface area contributed by atoms with Crippen molar-refractivity contribution in [2.75, 3.05) is 0 Å². The van der Waals surface area contributed by atoms with E-state index in [1.165, 1.54) is 0 Å². The van der Waals surface area contributed by atoms with Crippen molar-refractivity contribution in [3.05, 3.63) is 29.1 Å². The van der Waals surface area contributed by atoms with E-state index in [1.807, 2.05) is 19.9 Å². The molecule has 0 saturated carbocycles. The van der Waals surface area contributed by atoms with Crippen LogP contribution in [0.1, 0.15) is 17.0 Å². The zero-order valence-corrected chi connectivity index (χ0v) is 6.19. The van der Waals surface area contributed by atoms with Gasteiger partial charge < -0.3 is 0 Å². The van der Waals surface area contributed by atoms with Crippen LogP contribution < -0.4 is 0 Å². The summed E-state index contributed by atoms with van der Waals surface area (Å²) in [5.74, 6) is 0. The molecular formula is C8H10FN. The highest BCUT2D eigenvalue weighted by molar-refractivity contribution is 5.20. The van der Waals surface area contributed by atoms with Gasteiger partial charge in [-0.2, -0.15) is 0 Å². The molecule has 1 aromatic rings. The summed E-state index contributed by atoms with van der Waals surface area (Å²) in [6.07, 6.45) is 0. The molecule has 0 atom stereocenters. The minimum Gasteiger partial charge on any atom is -0.258 e. The van der Waals surface area contributed by atoms with Gasteiger partial charge in [-0.25, -0.2) is 4.39 Å². The van der Waals surface area contributed by atoms with E-state index in [4.69, 9.17) is 0 Å². The number of aromatic nitrogens is 1. The van der Waals surface area contributed by atoms with Gasteiger partial charge in [0.05, 0.1) is 0 Å². The Morgan fingerprint density at radius 3 is 2.60 bits per heavy atom. The molecule has 0 unspecified atom stereocenters. The van der Waals surface area contributed by atoms with E-state index in [-0.39, 0.29) is 0 Å². The number of halogens is 1. The standard InChI is InChI=1S/C8H10FN/c1-6-3-4-8(5-9)7(2)10-6/h3-4H,5H2,1-2H3. The first-order valence-electron chi connectivity index (χ1n) is 3.23. The Hall–Kier alpha value is -0.920. The van der Waals surface area contributed by atoms with E-state index in [0.29, 0.717) is 5.56 Å². The second-order valence-corrected chi connectivity index (χ2v) is 2.33. The lowest BCUT2D eigenvalue weighted by molar-refractivity contribution is 0.482. The van der Waals surface area contributed by atoms with Gasteiger partial charge in [-0.3, -0.25) is 4.98 Å². The maximum atomic E-state index is 12.1. The van der Waals surface area contributed by atoms with Crippen molar-refractivity contribution >= 4 is 0 Å². The van der Waals surface area contributed by atoms with Gasteiger partial charge in [0, 0.05) is 17.0 Å². The number of hydrogen-bond acceptors (Lipinski definition) is 1. The zero-order valence-electron chi connectivity index (χ0n) is 6.19. The van der Waals surface area contributed by atoms with Crippen molar-refractivity contribution in [3.63, 3.8) is 0 Å². The van der Waals surface area contributed by atoms with E-state index in [1.54, 1.807) is 6.07 Å². The molecule has 1 nitrogen and oxygen atoms in total. The van der Waals surface area contributed by atoms with Crippen LogP contribution in [0.5, 0.6) is 0 Å². The summed E-state index contributed by atoms with van der Waals surface area (Å²) in [4.78, 5) is 4.10. The van der Waals surface area contributed by atoms with Crippen LogP contribution >= 0.6 is 0 Å². The van der Waals surface area contributed by atoms with Crippen molar-refractivity contribution in [3.8, 4) is 0 Å². The van der Waals surface area contributed by atoms with Gasteiger partial charge in [0.25, 0.3) is 0 Å². The monoisotopic (exact) mass is 139 g/mol. The van der Waals surface area contributed by atoms with Gasteiger partial charge in [-0.15, -0.1) is 0 Å². The Kier molecular flexibility index (Phi) is 2.00. The Bertz CT molecular complexity index is 233. The molecule has 0 N–H and O–H groups in total. The smallest absolute Gasteiger partial charge is 0.116 e. The van der Waals surface area contributed by atoms with Crippen molar-refractivity contribution in [1.29, 1.82) is 0 Å². The molecule has 2 heteroatoms. The topological polar surface area (TPSA) is 12.9 Å². The summed E-state index contributed by atoms with van der Waals surface area (Å²) in [7, 11) is 0. The average Bonchev–Trinajstić information content (AvgIpc) is 1.88. The summed E-state index contributed by atoms with van der Waals surface area (Å²) in [5.41, 5.74) is 2.42.